The third kappa shape index (κ3) is 5.00. The van der Waals surface area contributed by atoms with Gasteiger partial charge in [-0.1, -0.05) is 61.5 Å². The van der Waals surface area contributed by atoms with E-state index >= 15 is 0 Å². The Morgan fingerprint density at radius 3 is 2.24 bits per heavy atom. The summed E-state index contributed by atoms with van der Waals surface area (Å²) in [5.74, 6) is 0. The molecule has 1 unspecified atom stereocenters. The van der Waals surface area contributed by atoms with Crippen LogP contribution < -0.4 is 5.73 Å². The van der Waals surface area contributed by atoms with Crippen molar-refractivity contribution in [2.45, 2.75) is 25.8 Å². The molecule has 2 nitrogen and oxygen atoms in total. The molecule has 2 heteroatoms. The van der Waals surface area contributed by atoms with E-state index in [2.05, 4.69) is 73.5 Å². The van der Waals surface area contributed by atoms with Crippen molar-refractivity contribution in [2.24, 2.45) is 5.73 Å². The molecular formula is C19H26N2. The highest BCUT2D eigenvalue weighted by Gasteiger charge is 2.09. The van der Waals surface area contributed by atoms with Crippen molar-refractivity contribution in [1.29, 1.82) is 0 Å². The fourth-order valence-electron chi connectivity index (χ4n) is 2.50. The third-order valence-electron chi connectivity index (χ3n) is 3.95. The van der Waals surface area contributed by atoms with Crippen molar-refractivity contribution < 1.29 is 0 Å². The second-order valence-corrected chi connectivity index (χ2v) is 5.70. The number of aryl methyl sites for hydroxylation is 1. The molecule has 0 aliphatic rings. The Morgan fingerprint density at radius 2 is 1.62 bits per heavy atom. The summed E-state index contributed by atoms with van der Waals surface area (Å²) < 4.78 is 0. The first-order valence-corrected chi connectivity index (χ1v) is 7.76. The molecular weight excluding hydrogens is 256 g/mol. The average Bonchev–Trinajstić information content (AvgIpc) is 2.54. The van der Waals surface area contributed by atoms with Crippen molar-refractivity contribution in [3.8, 4) is 0 Å². The molecule has 1 atom stereocenters. The topological polar surface area (TPSA) is 29.3 Å². The molecule has 2 rings (SSSR count). The van der Waals surface area contributed by atoms with Crippen LogP contribution in [0.25, 0.3) is 0 Å². The molecule has 0 aromatic heterocycles. The number of benzene rings is 2. The van der Waals surface area contributed by atoms with E-state index in [-0.39, 0.29) is 6.04 Å². The molecule has 0 aliphatic carbocycles. The summed E-state index contributed by atoms with van der Waals surface area (Å²) in [5, 5.41) is 0. The van der Waals surface area contributed by atoms with E-state index in [1.807, 2.05) is 0 Å². The minimum Gasteiger partial charge on any atom is -0.323 e. The van der Waals surface area contributed by atoms with E-state index < -0.39 is 0 Å². The number of nitrogens with zero attached hydrogens (tertiary/aromatic N) is 1. The summed E-state index contributed by atoms with van der Waals surface area (Å²) in [6.45, 7) is 4.09. The molecule has 0 saturated heterocycles. The Hall–Kier alpha value is -1.64. The van der Waals surface area contributed by atoms with Gasteiger partial charge in [0, 0.05) is 19.1 Å². The van der Waals surface area contributed by atoms with E-state index in [0.717, 1.165) is 25.9 Å². The van der Waals surface area contributed by atoms with Gasteiger partial charge in [0.1, 0.15) is 0 Å². The van der Waals surface area contributed by atoms with Crippen LogP contribution in [0.4, 0.5) is 0 Å². The minimum atomic E-state index is 0.0803. The lowest BCUT2D eigenvalue weighted by Gasteiger charge is -2.21. The van der Waals surface area contributed by atoms with E-state index in [1.165, 1.54) is 16.7 Å². The quantitative estimate of drug-likeness (QED) is 0.843. The maximum absolute atomic E-state index is 6.31. The molecule has 0 spiro atoms. The van der Waals surface area contributed by atoms with Crippen molar-refractivity contribution in [1.82, 2.24) is 4.90 Å². The Balaban J connectivity index is 1.82. The van der Waals surface area contributed by atoms with Gasteiger partial charge in [0.05, 0.1) is 0 Å². The molecule has 0 amide bonds. The van der Waals surface area contributed by atoms with Crippen LogP contribution in [0.2, 0.25) is 0 Å². The summed E-state index contributed by atoms with van der Waals surface area (Å²) in [5.41, 5.74) is 10.3. The number of likely N-dealkylation sites (N-methyl/N-ethyl adjacent to an activating group) is 1. The lowest BCUT2D eigenvalue weighted by atomic mass is 10.0. The van der Waals surface area contributed by atoms with E-state index in [9.17, 15) is 0 Å². The zero-order valence-electron chi connectivity index (χ0n) is 13.1. The molecule has 0 radical (unpaired) electrons. The van der Waals surface area contributed by atoms with Crippen LogP contribution in [0.5, 0.6) is 0 Å². The second kappa shape index (κ2) is 7.96. The Labute approximate surface area is 128 Å². The summed E-state index contributed by atoms with van der Waals surface area (Å²) in [6, 6.07) is 19.4. The number of hydrogen-bond donors (Lipinski definition) is 1. The molecule has 2 aromatic rings. The molecule has 112 valence electrons. The largest absolute Gasteiger partial charge is 0.323 e. The van der Waals surface area contributed by atoms with Gasteiger partial charge in [0.2, 0.25) is 0 Å². The van der Waals surface area contributed by atoms with Gasteiger partial charge in [-0.2, -0.15) is 0 Å². The van der Waals surface area contributed by atoms with Gasteiger partial charge in [-0.05, 0) is 36.6 Å². The molecule has 0 saturated carbocycles. The average molecular weight is 282 g/mol. The van der Waals surface area contributed by atoms with Gasteiger partial charge in [0.15, 0.2) is 0 Å². The third-order valence-corrected chi connectivity index (χ3v) is 3.95. The van der Waals surface area contributed by atoms with Gasteiger partial charge in [-0.15, -0.1) is 0 Å². The SMILES string of the molecule is CCc1ccc(C(N)CN(C)CCc2ccccc2)cc1. The number of nitrogens with two attached hydrogens (primary N) is 1. The van der Waals surface area contributed by atoms with Crippen molar-refractivity contribution in [2.75, 3.05) is 20.1 Å². The smallest absolute Gasteiger partial charge is 0.0424 e. The number of rotatable bonds is 7. The van der Waals surface area contributed by atoms with Crippen LogP contribution in [-0.2, 0) is 12.8 Å². The molecule has 0 heterocycles. The minimum absolute atomic E-state index is 0.0803. The Morgan fingerprint density at radius 1 is 0.952 bits per heavy atom. The number of hydrogen-bond acceptors (Lipinski definition) is 2. The maximum Gasteiger partial charge on any atom is 0.0424 e. The van der Waals surface area contributed by atoms with Crippen molar-refractivity contribution in [3.05, 3.63) is 71.3 Å². The Bertz CT molecular complexity index is 519. The molecule has 21 heavy (non-hydrogen) atoms. The van der Waals surface area contributed by atoms with Crippen LogP contribution in [0.3, 0.4) is 0 Å². The Kier molecular flexibility index (Phi) is 5.97. The maximum atomic E-state index is 6.31. The molecule has 2 aromatic carbocycles. The summed E-state index contributed by atoms with van der Waals surface area (Å²) in [6.07, 6.45) is 2.14. The highest BCUT2D eigenvalue weighted by molar-refractivity contribution is 5.25. The van der Waals surface area contributed by atoms with Crippen molar-refractivity contribution in [3.63, 3.8) is 0 Å². The van der Waals surface area contributed by atoms with Crippen LogP contribution >= 0.6 is 0 Å². The zero-order chi connectivity index (χ0) is 15.1. The summed E-state index contributed by atoms with van der Waals surface area (Å²) >= 11 is 0. The first-order valence-electron chi connectivity index (χ1n) is 7.76. The second-order valence-electron chi connectivity index (χ2n) is 5.70. The van der Waals surface area contributed by atoms with Gasteiger partial charge >= 0.3 is 0 Å². The van der Waals surface area contributed by atoms with Crippen molar-refractivity contribution >= 4 is 0 Å². The van der Waals surface area contributed by atoms with Gasteiger partial charge in [-0.25, -0.2) is 0 Å². The summed E-state index contributed by atoms with van der Waals surface area (Å²) in [4.78, 5) is 2.31. The molecule has 0 fully saturated rings. The van der Waals surface area contributed by atoms with Gasteiger partial charge < -0.3 is 10.6 Å². The standard InChI is InChI=1S/C19H26N2/c1-3-16-9-11-18(12-10-16)19(20)15-21(2)14-13-17-7-5-4-6-8-17/h4-12,19H,3,13-15,20H2,1-2H3. The highest BCUT2D eigenvalue weighted by Crippen LogP contribution is 2.13. The van der Waals surface area contributed by atoms with Crippen LogP contribution in [-0.4, -0.2) is 25.0 Å². The molecule has 0 bridgehead atoms. The zero-order valence-corrected chi connectivity index (χ0v) is 13.1. The first-order chi connectivity index (χ1) is 10.2. The fourth-order valence-corrected chi connectivity index (χ4v) is 2.50. The van der Waals surface area contributed by atoms with Crippen LogP contribution in [0.15, 0.2) is 54.6 Å². The van der Waals surface area contributed by atoms with E-state index in [4.69, 9.17) is 5.73 Å². The predicted octanol–water partition coefficient (Wildman–Crippen LogP) is 3.42. The van der Waals surface area contributed by atoms with Gasteiger partial charge in [-0.3, -0.25) is 0 Å². The van der Waals surface area contributed by atoms with Gasteiger partial charge in [0.25, 0.3) is 0 Å². The monoisotopic (exact) mass is 282 g/mol. The lowest BCUT2D eigenvalue weighted by molar-refractivity contribution is 0.316. The highest BCUT2D eigenvalue weighted by atomic mass is 15.1. The van der Waals surface area contributed by atoms with E-state index in [1.54, 1.807) is 0 Å². The van der Waals surface area contributed by atoms with Crippen LogP contribution in [0.1, 0.15) is 29.7 Å². The molecule has 0 aliphatic heterocycles. The van der Waals surface area contributed by atoms with Crippen LogP contribution in [0, 0.1) is 0 Å². The first kappa shape index (κ1) is 15.7. The normalized spacial score (nSPS) is 12.6. The summed E-state index contributed by atoms with van der Waals surface area (Å²) in [7, 11) is 2.14. The predicted molar refractivity (Wildman–Crippen MR) is 90.4 cm³/mol. The fraction of sp³-hybridized carbons (Fsp3) is 0.368. The van der Waals surface area contributed by atoms with E-state index in [0.29, 0.717) is 0 Å². The lowest BCUT2D eigenvalue weighted by Crippen LogP contribution is -2.30. The molecule has 2 N–H and O–H groups in total.